The van der Waals surface area contributed by atoms with Crippen LogP contribution in [0.4, 0.5) is 0 Å². The number of rotatable bonds is 8. The van der Waals surface area contributed by atoms with Crippen molar-refractivity contribution < 1.29 is 4.74 Å². The topological polar surface area (TPSA) is 91.4 Å². The van der Waals surface area contributed by atoms with Crippen LogP contribution in [0.1, 0.15) is 27.9 Å². The van der Waals surface area contributed by atoms with E-state index < -0.39 is 5.56 Å². The average Bonchev–Trinajstić information content (AvgIpc) is 3.62. The van der Waals surface area contributed by atoms with Gasteiger partial charge in [-0.2, -0.15) is 19.7 Å². The van der Waals surface area contributed by atoms with Gasteiger partial charge in [0.2, 0.25) is 4.96 Å². The van der Waals surface area contributed by atoms with E-state index in [1.807, 2.05) is 122 Å². The fourth-order valence-electron chi connectivity index (χ4n) is 5.11. The molecule has 0 fully saturated rings. The highest BCUT2D eigenvalue weighted by Crippen LogP contribution is 2.29. The van der Waals surface area contributed by atoms with E-state index in [9.17, 15) is 9.59 Å². The minimum atomic E-state index is -0.436. The Morgan fingerprint density at radius 2 is 1.51 bits per heavy atom. The number of thiazole rings is 1. The predicted octanol–water partition coefficient (Wildman–Crippen LogP) is 5.39. The summed E-state index contributed by atoms with van der Waals surface area (Å²) in [5.74, 6) is 0.787. The number of nitrogens with zero attached hydrogens (tertiary/aromatic N) is 5. The molecule has 0 bridgehead atoms. The van der Waals surface area contributed by atoms with E-state index in [2.05, 4.69) is 10.1 Å². The van der Waals surface area contributed by atoms with Gasteiger partial charge >= 0.3 is 0 Å². The second-order valence-corrected chi connectivity index (χ2v) is 11.6. The van der Waals surface area contributed by atoms with Gasteiger partial charge in [-0.25, -0.2) is 4.68 Å². The summed E-state index contributed by atoms with van der Waals surface area (Å²) in [5.41, 5.74) is 5.64. The molecule has 0 atom stereocenters. The van der Waals surface area contributed by atoms with E-state index >= 15 is 0 Å². The standard InChI is InChI=1S/C36H27N5O3S/c1-24-19-27(17-18-31(24)44-23-26-13-7-3-8-14-26)33-28(22-40(39-33)29-15-9-4-10-16-29)21-32-35(43)41-36(45-32)37-34(42)30(38-41)20-25-11-5-2-6-12-25/h2-19,21-22H,20,23H2,1H3/b32-21-. The van der Waals surface area contributed by atoms with Crippen LogP contribution in [0.15, 0.2) is 125 Å². The van der Waals surface area contributed by atoms with Crippen molar-refractivity contribution in [2.75, 3.05) is 0 Å². The van der Waals surface area contributed by atoms with Crippen molar-refractivity contribution in [2.24, 2.45) is 0 Å². The zero-order valence-electron chi connectivity index (χ0n) is 24.3. The molecule has 9 heteroatoms. The summed E-state index contributed by atoms with van der Waals surface area (Å²) in [6.07, 6.45) is 3.99. The molecule has 0 N–H and O–H groups in total. The molecule has 0 aliphatic heterocycles. The molecule has 0 aliphatic rings. The van der Waals surface area contributed by atoms with Crippen molar-refractivity contribution in [2.45, 2.75) is 20.0 Å². The molecule has 0 saturated carbocycles. The van der Waals surface area contributed by atoms with Crippen molar-refractivity contribution in [3.63, 3.8) is 0 Å². The van der Waals surface area contributed by atoms with Crippen molar-refractivity contribution >= 4 is 22.4 Å². The van der Waals surface area contributed by atoms with E-state index in [0.717, 1.165) is 50.6 Å². The third-order valence-electron chi connectivity index (χ3n) is 7.40. The van der Waals surface area contributed by atoms with Crippen LogP contribution < -0.4 is 20.4 Å². The molecule has 0 unspecified atom stereocenters. The largest absolute Gasteiger partial charge is 0.489 e. The van der Waals surface area contributed by atoms with Crippen molar-refractivity contribution in [3.8, 4) is 22.7 Å². The summed E-state index contributed by atoms with van der Waals surface area (Å²) < 4.78 is 9.53. The van der Waals surface area contributed by atoms with Crippen molar-refractivity contribution in [1.29, 1.82) is 0 Å². The van der Waals surface area contributed by atoms with Crippen molar-refractivity contribution in [3.05, 3.63) is 169 Å². The van der Waals surface area contributed by atoms with Crippen LogP contribution in [0.5, 0.6) is 5.75 Å². The number of hydrogen-bond donors (Lipinski definition) is 0. The summed E-state index contributed by atoms with van der Waals surface area (Å²) in [5, 5.41) is 9.34. The lowest BCUT2D eigenvalue weighted by Crippen LogP contribution is -2.28. The van der Waals surface area contributed by atoms with Gasteiger partial charge < -0.3 is 4.74 Å². The van der Waals surface area contributed by atoms with Crippen molar-refractivity contribution in [1.82, 2.24) is 24.4 Å². The number of aromatic nitrogens is 5. The predicted molar refractivity (Wildman–Crippen MR) is 176 cm³/mol. The lowest BCUT2D eigenvalue weighted by molar-refractivity contribution is 0.304. The van der Waals surface area contributed by atoms with E-state index in [4.69, 9.17) is 9.84 Å². The van der Waals surface area contributed by atoms with Gasteiger partial charge in [0.1, 0.15) is 23.7 Å². The van der Waals surface area contributed by atoms with Gasteiger partial charge in [-0.05, 0) is 60.0 Å². The van der Waals surface area contributed by atoms with Gasteiger partial charge in [-0.1, -0.05) is 90.2 Å². The Labute approximate surface area is 262 Å². The number of ether oxygens (including phenoxy) is 1. The quantitative estimate of drug-likeness (QED) is 0.230. The summed E-state index contributed by atoms with van der Waals surface area (Å²) in [4.78, 5) is 30.8. The summed E-state index contributed by atoms with van der Waals surface area (Å²) in [7, 11) is 0. The van der Waals surface area contributed by atoms with Crippen LogP contribution >= 0.6 is 11.3 Å². The molecule has 0 saturated heterocycles. The SMILES string of the molecule is Cc1cc(-c2nn(-c3ccccc3)cc2/C=c2\sc3nc(=O)c(Cc4ccccc4)nn3c2=O)ccc1OCc1ccccc1. The molecule has 0 aliphatic carbocycles. The Kier molecular flexibility index (Phi) is 7.59. The minimum absolute atomic E-state index is 0.225. The van der Waals surface area contributed by atoms with Crippen LogP contribution in [-0.4, -0.2) is 24.4 Å². The molecule has 45 heavy (non-hydrogen) atoms. The molecule has 8 nitrogen and oxygen atoms in total. The van der Waals surface area contributed by atoms with E-state index in [1.165, 1.54) is 4.52 Å². The minimum Gasteiger partial charge on any atom is -0.489 e. The Hall–Kier alpha value is -5.67. The lowest BCUT2D eigenvalue weighted by Gasteiger charge is -2.10. The highest BCUT2D eigenvalue weighted by Gasteiger charge is 2.16. The van der Waals surface area contributed by atoms with E-state index in [0.29, 0.717) is 23.3 Å². The van der Waals surface area contributed by atoms with Gasteiger partial charge in [-0.3, -0.25) is 9.59 Å². The zero-order chi connectivity index (χ0) is 30.8. The third-order valence-corrected chi connectivity index (χ3v) is 8.36. The molecule has 0 spiro atoms. The molecule has 4 aromatic carbocycles. The zero-order valence-corrected chi connectivity index (χ0v) is 25.1. The Morgan fingerprint density at radius 3 is 2.22 bits per heavy atom. The van der Waals surface area contributed by atoms with Gasteiger partial charge in [0.25, 0.3) is 11.1 Å². The Morgan fingerprint density at radius 1 is 0.822 bits per heavy atom. The van der Waals surface area contributed by atoms with Crippen LogP contribution in [0, 0.1) is 6.92 Å². The summed E-state index contributed by atoms with van der Waals surface area (Å²) >= 11 is 1.13. The molecule has 0 radical (unpaired) electrons. The van der Waals surface area contributed by atoms with Crippen LogP contribution in [-0.2, 0) is 13.0 Å². The molecule has 3 heterocycles. The van der Waals surface area contributed by atoms with Crippen LogP contribution in [0.25, 0.3) is 28.0 Å². The first-order valence-electron chi connectivity index (χ1n) is 14.4. The molecule has 3 aromatic heterocycles. The van der Waals surface area contributed by atoms with Gasteiger partial charge in [-0.15, -0.1) is 0 Å². The number of benzene rings is 4. The molecule has 7 aromatic rings. The Bertz CT molecular complexity index is 2300. The second-order valence-electron chi connectivity index (χ2n) is 10.6. The van der Waals surface area contributed by atoms with Gasteiger partial charge in [0.05, 0.1) is 10.2 Å². The lowest BCUT2D eigenvalue weighted by atomic mass is 10.0. The molecule has 7 rings (SSSR count). The molecular formula is C36H27N5O3S. The number of aryl methyl sites for hydroxylation is 1. The van der Waals surface area contributed by atoms with Gasteiger partial charge in [0.15, 0.2) is 0 Å². The average molecular weight is 610 g/mol. The fraction of sp³-hybridized carbons (Fsp3) is 0.0833. The first-order valence-corrected chi connectivity index (χ1v) is 15.2. The van der Waals surface area contributed by atoms with Crippen LogP contribution in [0.3, 0.4) is 0 Å². The first kappa shape index (κ1) is 28.1. The summed E-state index contributed by atoms with van der Waals surface area (Å²) in [6.45, 7) is 2.48. The highest BCUT2D eigenvalue weighted by atomic mass is 32.1. The number of hydrogen-bond acceptors (Lipinski definition) is 7. The highest BCUT2D eigenvalue weighted by molar-refractivity contribution is 7.15. The maximum atomic E-state index is 13.6. The number of para-hydroxylation sites is 1. The van der Waals surface area contributed by atoms with E-state index in [-0.39, 0.29) is 16.2 Å². The second kappa shape index (κ2) is 12.1. The smallest absolute Gasteiger partial charge is 0.296 e. The molecule has 0 amide bonds. The first-order chi connectivity index (χ1) is 22.0. The van der Waals surface area contributed by atoms with Gasteiger partial charge in [0, 0.05) is 23.7 Å². The Balaban J connectivity index is 1.29. The number of fused-ring (bicyclic) bond motifs is 1. The maximum absolute atomic E-state index is 13.6. The monoisotopic (exact) mass is 609 g/mol. The third kappa shape index (κ3) is 5.93. The fourth-order valence-corrected chi connectivity index (χ4v) is 6.00. The van der Waals surface area contributed by atoms with Crippen LogP contribution in [0.2, 0.25) is 0 Å². The normalized spacial score (nSPS) is 11.7. The van der Waals surface area contributed by atoms with E-state index in [1.54, 1.807) is 10.8 Å². The molecule has 220 valence electrons. The summed E-state index contributed by atoms with van der Waals surface area (Å²) in [6, 6.07) is 35.3. The maximum Gasteiger partial charge on any atom is 0.296 e. The molecular weight excluding hydrogens is 582 g/mol.